The summed E-state index contributed by atoms with van der Waals surface area (Å²) in [7, 11) is 0. The second-order valence-corrected chi connectivity index (χ2v) is 4.01. The molecule has 0 heterocycles. The third-order valence-electron chi connectivity index (χ3n) is 2.25. The summed E-state index contributed by atoms with van der Waals surface area (Å²) < 4.78 is 0. The molecule has 1 unspecified atom stereocenters. The third kappa shape index (κ3) is 4.88. The van der Waals surface area contributed by atoms with Gasteiger partial charge in [-0.05, 0) is 33.7 Å². The molecule has 0 rings (SSSR count). The van der Waals surface area contributed by atoms with Gasteiger partial charge in [-0.2, -0.15) is 0 Å². The Morgan fingerprint density at radius 1 is 1.38 bits per heavy atom. The van der Waals surface area contributed by atoms with E-state index in [-0.39, 0.29) is 17.5 Å². The van der Waals surface area contributed by atoms with E-state index < -0.39 is 0 Å². The summed E-state index contributed by atoms with van der Waals surface area (Å²) in [6, 6.07) is -0.101. The lowest BCUT2D eigenvalue weighted by atomic mass is 10.0. The van der Waals surface area contributed by atoms with E-state index in [0.29, 0.717) is 0 Å². The highest BCUT2D eigenvalue weighted by atomic mass is 16.2. The molecule has 0 aromatic heterocycles. The summed E-state index contributed by atoms with van der Waals surface area (Å²) in [6.45, 7) is 10.8. The van der Waals surface area contributed by atoms with Crippen LogP contribution in [0.15, 0.2) is 0 Å². The quantitative estimate of drug-likeness (QED) is 0.679. The lowest BCUT2D eigenvalue weighted by molar-refractivity contribution is -0.124. The van der Waals surface area contributed by atoms with E-state index in [1.54, 1.807) is 0 Å². The van der Waals surface area contributed by atoms with Gasteiger partial charge in [0.15, 0.2) is 0 Å². The Morgan fingerprint density at radius 2 is 1.92 bits per heavy atom. The molecule has 0 aromatic rings. The Morgan fingerprint density at radius 3 is 2.31 bits per heavy atom. The van der Waals surface area contributed by atoms with Crippen LogP contribution in [0.4, 0.5) is 0 Å². The Kier molecular flexibility index (Phi) is 4.99. The molecule has 1 atom stereocenters. The topological polar surface area (TPSA) is 41.1 Å². The molecule has 0 aliphatic heterocycles. The van der Waals surface area contributed by atoms with Gasteiger partial charge in [-0.3, -0.25) is 4.79 Å². The zero-order chi connectivity index (χ0) is 10.5. The van der Waals surface area contributed by atoms with Crippen LogP contribution < -0.4 is 10.6 Å². The van der Waals surface area contributed by atoms with Crippen molar-refractivity contribution in [2.24, 2.45) is 0 Å². The van der Waals surface area contributed by atoms with Crippen molar-refractivity contribution < 1.29 is 4.79 Å². The average molecular weight is 186 g/mol. The second kappa shape index (κ2) is 5.22. The monoisotopic (exact) mass is 186 g/mol. The van der Waals surface area contributed by atoms with Crippen molar-refractivity contribution in [3.05, 3.63) is 0 Å². The molecule has 0 aliphatic rings. The zero-order valence-electron chi connectivity index (χ0n) is 9.40. The van der Waals surface area contributed by atoms with Crippen molar-refractivity contribution in [2.45, 2.75) is 52.6 Å². The van der Waals surface area contributed by atoms with Crippen LogP contribution in [0.25, 0.3) is 0 Å². The number of likely N-dealkylation sites (N-methyl/N-ethyl adjacent to an activating group) is 1. The SMILES string of the molecule is CCNC(C)C(=O)NC(C)(C)CC. The van der Waals surface area contributed by atoms with E-state index in [1.807, 2.05) is 27.7 Å². The maximum atomic E-state index is 11.5. The van der Waals surface area contributed by atoms with Gasteiger partial charge in [0.2, 0.25) is 5.91 Å². The Hall–Kier alpha value is -0.570. The summed E-state index contributed by atoms with van der Waals surface area (Å²) in [5.41, 5.74) is -0.0965. The van der Waals surface area contributed by atoms with Crippen LogP contribution in [0.2, 0.25) is 0 Å². The standard InChI is InChI=1S/C10H22N2O/c1-6-10(4,5)12-9(13)8(3)11-7-2/h8,11H,6-7H2,1-5H3,(H,12,13). The van der Waals surface area contributed by atoms with Crippen molar-refractivity contribution in [3.8, 4) is 0 Å². The number of hydrogen-bond acceptors (Lipinski definition) is 2. The number of amides is 1. The Bertz CT molecular complexity index is 166. The number of rotatable bonds is 5. The van der Waals surface area contributed by atoms with Gasteiger partial charge in [0.05, 0.1) is 6.04 Å². The summed E-state index contributed by atoms with van der Waals surface area (Å²) in [5, 5.41) is 6.07. The molecule has 2 N–H and O–H groups in total. The van der Waals surface area contributed by atoms with Gasteiger partial charge in [0.1, 0.15) is 0 Å². The highest BCUT2D eigenvalue weighted by Gasteiger charge is 2.20. The van der Waals surface area contributed by atoms with Crippen molar-refractivity contribution in [3.63, 3.8) is 0 Å². The van der Waals surface area contributed by atoms with Gasteiger partial charge in [0.25, 0.3) is 0 Å². The second-order valence-electron chi connectivity index (χ2n) is 4.01. The molecule has 0 saturated heterocycles. The van der Waals surface area contributed by atoms with E-state index >= 15 is 0 Å². The molecule has 13 heavy (non-hydrogen) atoms. The maximum absolute atomic E-state index is 11.5. The summed E-state index contributed by atoms with van der Waals surface area (Å²) in [4.78, 5) is 11.5. The third-order valence-corrected chi connectivity index (χ3v) is 2.25. The number of nitrogens with one attached hydrogen (secondary N) is 2. The lowest BCUT2D eigenvalue weighted by Crippen LogP contribution is -2.50. The first kappa shape index (κ1) is 12.4. The van der Waals surface area contributed by atoms with Crippen molar-refractivity contribution in [1.82, 2.24) is 10.6 Å². The molecular weight excluding hydrogens is 164 g/mol. The van der Waals surface area contributed by atoms with Crippen LogP contribution in [-0.4, -0.2) is 24.0 Å². The van der Waals surface area contributed by atoms with E-state index in [4.69, 9.17) is 0 Å². The van der Waals surface area contributed by atoms with E-state index in [2.05, 4.69) is 17.6 Å². The minimum Gasteiger partial charge on any atom is -0.350 e. The zero-order valence-corrected chi connectivity index (χ0v) is 9.40. The van der Waals surface area contributed by atoms with E-state index in [9.17, 15) is 4.79 Å². The summed E-state index contributed by atoms with van der Waals surface area (Å²) >= 11 is 0. The fourth-order valence-electron chi connectivity index (χ4n) is 0.929. The fourth-order valence-corrected chi connectivity index (χ4v) is 0.929. The van der Waals surface area contributed by atoms with Crippen LogP contribution in [0, 0.1) is 0 Å². The highest BCUT2D eigenvalue weighted by Crippen LogP contribution is 2.06. The van der Waals surface area contributed by atoms with Gasteiger partial charge in [-0.25, -0.2) is 0 Å². The molecule has 0 spiro atoms. The molecule has 0 bridgehead atoms. The largest absolute Gasteiger partial charge is 0.350 e. The number of hydrogen-bond donors (Lipinski definition) is 2. The maximum Gasteiger partial charge on any atom is 0.237 e. The van der Waals surface area contributed by atoms with E-state index in [0.717, 1.165) is 13.0 Å². The van der Waals surface area contributed by atoms with Crippen molar-refractivity contribution >= 4 is 5.91 Å². The van der Waals surface area contributed by atoms with Gasteiger partial charge in [0, 0.05) is 5.54 Å². The van der Waals surface area contributed by atoms with Crippen molar-refractivity contribution in [2.75, 3.05) is 6.54 Å². The first-order valence-electron chi connectivity index (χ1n) is 4.98. The molecule has 0 saturated carbocycles. The van der Waals surface area contributed by atoms with Crippen LogP contribution in [0.1, 0.15) is 41.0 Å². The summed E-state index contributed by atoms with van der Waals surface area (Å²) in [6.07, 6.45) is 0.942. The van der Waals surface area contributed by atoms with Crippen molar-refractivity contribution in [1.29, 1.82) is 0 Å². The van der Waals surface area contributed by atoms with Crippen LogP contribution in [0.3, 0.4) is 0 Å². The predicted molar refractivity (Wildman–Crippen MR) is 55.7 cm³/mol. The van der Waals surface area contributed by atoms with Gasteiger partial charge < -0.3 is 10.6 Å². The van der Waals surface area contributed by atoms with Crippen LogP contribution in [-0.2, 0) is 4.79 Å². The lowest BCUT2D eigenvalue weighted by Gasteiger charge is -2.26. The molecule has 3 heteroatoms. The number of carbonyl (C=O) groups excluding carboxylic acids is 1. The molecule has 0 fully saturated rings. The van der Waals surface area contributed by atoms with Crippen LogP contribution in [0.5, 0.6) is 0 Å². The smallest absolute Gasteiger partial charge is 0.237 e. The van der Waals surface area contributed by atoms with Crippen LogP contribution >= 0.6 is 0 Å². The van der Waals surface area contributed by atoms with Gasteiger partial charge in [-0.15, -0.1) is 0 Å². The highest BCUT2D eigenvalue weighted by molar-refractivity contribution is 5.81. The summed E-state index contributed by atoms with van der Waals surface area (Å²) in [5.74, 6) is 0.0775. The molecule has 0 radical (unpaired) electrons. The minimum absolute atomic E-state index is 0.0775. The Balaban J connectivity index is 3.99. The molecular formula is C10H22N2O. The predicted octanol–water partition coefficient (Wildman–Crippen LogP) is 1.29. The van der Waals surface area contributed by atoms with Gasteiger partial charge >= 0.3 is 0 Å². The minimum atomic E-state index is -0.101. The number of carbonyl (C=O) groups is 1. The Labute approximate surface area is 81.3 Å². The average Bonchev–Trinajstić information content (AvgIpc) is 2.04. The molecule has 3 nitrogen and oxygen atoms in total. The first-order valence-corrected chi connectivity index (χ1v) is 4.98. The molecule has 0 aliphatic carbocycles. The first-order chi connectivity index (χ1) is 5.93. The normalized spacial score (nSPS) is 13.9. The molecule has 1 amide bonds. The molecule has 78 valence electrons. The molecule has 0 aromatic carbocycles. The van der Waals surface area contributed by atoms with Gasteiger partial charge in [-0.1, -0.05) is 13.8 Å². The van der Waals surface area contributed by atoms with E-state index in [1.165, 1.54) is 0 Å². The fraction of sp³-hybridized carbons (Fsp3) is 0.900.